The number of nitrogens with one attached hydrogen (secondary N) is 2. The normalized spacial score (nSPS) is 13.5. The van der Waals surface area contributed by atoms with Crippen LogP contribution >= 0.6 is 23.1 Å². The van der Waals surface area contributed by atoms with E-state index >= 15 is 0 Å². The molecule has 3 heterocycles. The number of nitrogens with zero attached hydrogens (tertiary/aromatic N) is 4. The summed E-state index contributed by atoms with van der Waals surface area (Å²) in [5.41, 5.74) is 2.49. The highest BCUT2D eigenvalue weighted by molar-refractivity contribution is 7.99. The van der Waals surface area contributed by atoms with Crippen molar-refractivity contribution >= 4 is 34.0 Å². The van der Waals surface area contributed by atoms with Crippen LogP contribution in [-0.4, -0.2) is 51.9 Å². The van der Waals surface area contributed by atoms with Crippen LogP contribution in [0.3, 0.4) is 0 Å². The lowest BCUT2D eigenvalue weighted by atomic mass is 10.0. The summed E-state index contributed by atoms with van der Waals surface area (Å²) in [5, 5.41) is 20.7. The Balaban J connectivity index is 1.40. The van der Waals surface area contributed by atoms with Crippen molar-refractivity contribution in [2.45, 2.75) is 25.0 Å². The second-order valence-corrected chi connectivity index (χ2v) is 9.09. The quantitative estimate of drug-likeness (QED) is 0.526. The van der Waals surface area contributed by atoms with Crippen molar-refractivity contribution in [3.63, 3.8) is 0 Å². The van der Waals surface area contributed by atoms with Gasteiger partial charge in [-0.2, -0.15) is 5.26 Å². The van der Waals surface area contributed by atoms with Crippen LogP contribution in [-0.2, 0) is 17.8 Å². The minimum absolute atomic E-state index is 0.151. The van der Waals surface area contributed by atoms with Gasteiger partial charge in [-0.1, -0.05) is 23.9 Å². The van der Waals surface area contributed by atoms with E-state index in [0.29, 0.717) is 28.2 Å². The predicted molar refractivity (Wildman–Crippen MR) is 121 cm³/mol. The summed E-state index contributed by atoms with van der Waals surface area (Å²) < 4.78 is 5.64. The van der Waals surface area contributed by atoms with Crippen molar-refractivity contribution in [3.8, 4) is 23.2 Å². The highest BCUT2D eigenvalue weighted by Crippen LogP contribution is 2.36. The first-order valence-corrected chi connectivity index (χ1v) is 11.7. The van der Waals surface area contributed by atoms with E-state index in [2.05, 4.69) is 38.5 Å². The zero-order chi connectivity index (χ0) is 21.8. The Kier molecular flexibility index (Phi) is 6.56. The largest absolute Gasteiger partial charge is 0.493 e. The number of thioether (sulfide) groups is 1. The average Bonchev–Trinajstić information content (AvgIpc) is 3.36. The molecule has 2 N–H and O–H groups in total. The molecule has 1 aromatic carbocycles. The maximum absolute atomic E-state index is 12.5. The maximum atomic E-state index is 12.5. The number of hydrogen-bond acceptors (Lipinski definition) is 8. The Labute approximate surface area is 188 Å². The summed E-state index contributed by atoms with van der Waals surface area (Å²) in [6.07, 6.45) is 0.832. The summed E-state index contributed by atoms with van der Waals surface area (Å²) in [6, 6.07) is 9.87. The molecule has 10 heteroatoms. The number of aromatic nitrogens is 3. The molecule has 0 spiro atoms. The van der Waals surface area contributed by atoms with Gasteiger partial charge in [-0.3, -0.25) is 9.89 Å². The van der Waals surface area contributed by atoms with Gasteiger partial charge in [0, 0.05) is 18.0 Å². The number of fused-ring (bicyclic) bond motifs is 1. The molecule has 1 aliphatic rings. The van der Waals surface area contributed by atoms with Gasteiger partial charge in [0.05, 0.1) is 23.5 Å². The number of carbonyl (C=O) groups excluding carboxylic acids is 1. The number of likely N-dealkylation sites (N-methyl/N-ethyl adjacent to an activating group) is 1. The first kappa shape index (κ1) is 21.4. The Morgan fingerprint density at radius 3 is 3.10 bits per heavy atom. The van der Waals surface area contributed by atoms with Gasteiger partial charge in [0.1, 0.15) is 16.8 Å². The zero-order valence-electron chi connectivity index (χ0n) is 17.3. The number of thiophene rings is 1. The van der Waals surface area contributed by atoms with Crippen LogP contribution in [0.1, 0.15) is 22.9 Å². The smallest absolute Gasteiger partial charge is 0.235 e. The Hall–Kier alpha value is -2.87. The number of benzene rings is 1. The van der Waals surface area contributed by atoms with Gasteiger partial charge in [-0.05, 0) is 38.1 Å². The van der Waals surface area contributed by atoms with E-state index < -0.39 is 0 Å². The molecule has 0 saturated heterocycles. The van der Waals surface area contributed by atoms with Crippen LogP contribution < -0.4 is 10.1 Å². The van der Waals surface area contributed by atoms with Crippen LogP contribution in [0.2, 0.25) is 0 Å². The van der Waals surface area contributed by atoms with E-state index in [0.717, 1.165) is 41.3 Å². The molecule has 0 saturated carbocycles. The van der Waals surface area contributed by atoms with Crippen molar-refractivity contribution in [2.75, 3.05) is 31.3 Å². The lowest BCUT2D eigenvalue weighted by Gasteiger charge is -2.21. The average molecular weight is 455 g/mol. The lowest BCUT2D eigenvalue weighted by molar-refractivity contribution is -0.113. The Bertz CT molecular complexity index is 1130. The van der Waals surface area contributed by atoms with E-state index in [1.54, 1.807) is 0 Å². The number of aromatic amines is 1. The fourth-order valence-corrected chi connectivity index (χ4v) is 5.30. The molecule has 31 heavy (non-hydrogen) atoms. The number of H-pyrrole nitrogens is 1. The number of rotatable bonds is 7. The first-order valence-electron chi connectivity index (χ1n) is 9.89. The highest BCUT2D eigenvalue weighted by atomic mass is 32.2. The fourth-order valence-electron chi connectivity index (χ4n) is 3.41. The molecule has 2 aromatic heterocycles. The van der Waals surface area contributed by atoms with E-state index in [4.69, 9.17) is 4.74 Å². The maximum Gasteiger partial charge on any atom is 0.235 e. The fraction of sp³-hybridized carbons (Fsp3) is 0.333. The monoisotopic (exact) mass is 454 g/mol. The Morgan fingerprint density at radius 2 is 2.29 bits per heavy atom. The molecule has 0 atom stereocenters. The van der Waals surface area contributed by atoms with Crippen LogP contribution in [0.15, 0.2) is 29.4 Å². The molecule has 1 amide bonds. The molecule has 0 aliphatic carbocycles. The Morgan fingerprint density at radius 1 is 1.45 bits per heavy atom. The number of carbonyl (C=O) groups is 1. The van der Waals surface area contributed by atoms with E-state index in [1.165, 1.54) is 23.1 Å². The minimum Gasteiger partial charge on any atom is -0.493 e. The van der Waals surface area contributed by atoms with Gasteiger partial charge in [0.2, 0.25) is 11.1 Å². The van der Waals surface area contributed by atoms with Gasteiger partial charge < -0.3 is 15.0 Å². The highest BCUT2D eigenvalue weighted by Gasteiger charge is 2.24. The third-order valence-electron chi connectivity index (χ3n) is 4.85. The summed E-state index contributed by atoms with van der Waals surface area (Å²) in [6.45, 7) is 4.21. The summed E-state index contributed by atoms with van der Waals surface area (Å²) in [5.74, 6) is 1.28. The molecule has 3 aromatic rings. The molecule has 0 bridgehead atoms. The molecule has 160 valence electrons. The van der Waals surface area contributed by atoms with E-state index in [9.17, 15) is 10.1 Å². The van der Waals surface area contributed by atoms with Gasteiger partial charge in [0.15, 0.2) is 5.82 Å². The number of amides is 1. The SMILES string of the molecule is CCOc1ccccc1-c1nc(SCC(=O)Nc2sc3c(c2C#N)CCN(C)C3)n[nH]1. The standard InChI is InChI=1S/C21H22N6O2S2/c1-3-29-16-7-5-4-6-14(16)19-24-21(26-25-19)30-12-18(28)23-20-15(10-22)13-8-9-27(2)11-17(13)31-20/h4-7H,3,8-9,11-12H2,1-2H3,(H,23,28)(H,24,25,26). The molecular weight excluding hydrogens is 432 g/mol. The first-order chi connectivity index (χ1) is 15.1. The van der Waals surface area contributed by atoms with Crippen molar-refractivity contribution in [3.05, 3.63) is 40.3 Å². The van der Waals surface area contributed by atoms with Gasteiger partial charge >= 0.3 is 0 Å². The number of anilines is 1. The van der Waals surface area contributed by atoms with Gasteiger partial charge in [-0.25, -0.2) is 4.98 Å². The van der Waals surface area contributed by atoms with Crippen molar-refractivity contribution in [1.29, 1.82) is 5.26 Å². The molecule has 1 aliphatic heterocycles. The second-order valence-electron chi connectivity index (χ2n) is 7.04. The number of ether oxygens (including phenoxy) is 1. The molecule has 0 fully saturated rings. The zero-order valence-corrected chi connectivity index (χ0v) is 18.9. The topological polar surface area (TPSA) is 107 Å². The van der Waals surface area contributed by atoms with Crippen LogP contribution in [0.25, 0.3) is 11.4 Å². The lowest BCUT2D eigenvalue weighted by Crippen LogP contribution is -2.25. The van der Waals surface area contributed by atoms with Crippen LogP contribution in [0, 0.1) is 11.3 Å². The number of hydrogen-bond donors (Lipinski definition) is 2. The third kappa shape index (κ3) is 4.74. The van der Waals surface area contributed by atoms with E-state index in [1.807, 2.05) is 31.2 Å². The minimum atomic E-state index is -0.186. The van der Waals surface area contributed by atoms with Crippen LogP contribution in [0.4, 0.5) is 5.00 Å². The third-order valence-corrected chi connectivity index (χ3v) is 6.83. The molecule has 0 unspecified atom stereocenters. The van der Waals surface area contributed by atoms with Crippen molar-refractivity contribution in [2.24, 2.45) is 0 Å². The van der Waals surface area contributed by atoms with Crippen molar-refractivity contribution < 1.29 is 9.53 Å². The summed E-state index contributed by atoms with van der Waals surface area (Å²) >= 11 is 2.73. The number of nitriles is 1. The van der Waals surface area contributed by atoms with Crippen molar-refractivity contribution in [1.82, 2.24) is 20.1 Å². The predicted octanol–water partition coefficient (Wildman–Crippen LogP) is 3.52. The molecular formula is C21H22N6O2S2. The molecule has 0 radical (unpaired) electrons. The van der Waals surface area contributed by atoms with Gasteiger partial charge in [0.25, 0.3) is 0 Å². The van der Waals surface area contributed by atoms with E-state index in [-0.39, 0.29) is 11.7 Å². The second kappa shape index (κ2) is 9.51. The molecule has 8 nitrogen and oxygen atoms in total. The molecule has 4 rings (SSSR count). The van der Waals surface area contributed by atoms with Crippen LogP contribution in [0.5, 0.6) is 5.75 Å². The number of para-hydroxylation sites is 1. The van der Waals surface area contributed by atoms with Gasteiger partial charge in [-0.15, -0.1) is 16.4 Å². The summed E-state index contributed by atoms with van der Waals surface area (Å²) in [7, 11) is 2.06. The summed E-state index contributed by atoms with van der Waals surface area (Å²) in [4.78, 5) is 20.4.